The highest BCUT2D eigenvalue weighted by Gasteiger charge is 2.29. The summed E-state index contributed by atoms with van der Waals surface area (Å²) in [5, 5.41) is 0. The Balaban J connectivity index is 2.17. The standard InChI is InChI=1S/C18H28N2O3/c1-5-14(4)23-17-12-15(6-9-19-17)18(21)20(13(2)3)16-7-10-22-11-8-16/h6,9,12-14,16H,5,7-8,10-11H2,1-4H3/t14-/m1/s1. The molecule has 0 radical (unpaired) electrons. The number of amides is 1. The molecule has 1 saturated heterocycles. The normalized spacial score (nSPS) is 17.1. The number of carbonyl (C=O) groups is 1. The Bertz CT molecular complexity index is 513. The van der Waals surface area contributed by atoms with Crippen molar-refractivity contribution < 1.29 is 14.3 Å². The molecule has 5 nitrogen and oxygen atoms in total. The van der Waals surface area contributed by atoms with Gasteiger partial charge in [-0.15, -0.1) is 0 Å². The second kappa shape index (κ2) is 8.29. The number of rotatable bonds is 6. The van der Waals surface area contributed by atoms with E-state index < -0.39 is 0 Å². The first-order valence-electron chi connectivity index (χ1n) is 8.56. The van der Waals surface area contributed by atoms with E-state index in [-0.39, 0.29) is 24.1 Å². The van der Waals surface area contributed by atoms with Gasteiger partial charge in [0.15, 0.2) is 0 Å². The lowest BCUT2D eigenvalue weighted by Gasteiger charge is -2.37. The minimum absolute atomic E-state index is 0.0447. The third-order valence-corrected chi connectivity index (χ3v) is 4.25. The van der Waals surface area contributed by atoms with Crippen molar-refractivity contribution in [1.82, 2.24) is 9.88 Å². The average Bonchev–Trinajstić information content (AvgIpc) is 2.55. The van der Waals surface area contributed by atoms with Crippen LogP contribution in [0.1, 0.15) is 57.3 Å². The number of hydrogen-bond acceptors (Lipinski definition) is 4. The van der Waals surface area contributed by atoms with Crippen LogP contribution in [0.25, 0.3) is 0 Å². The van der Waals surface area contributed by atoms with E-state index in [0.717, 1.165) is 32.5 Å². The second-order valence-electron chi connectivity index (χ2n) is 6.37. The van der Waals surface area contributed by atoms with Crippen molar-refractivity contribution >= 4 is 5.91 Å². The van der Waals surface area contributed by atoms with Crippen LogP contribution in [0.5, 0.6) is 5.88 Å². The molecule has 1 aliphatic heterocycles. The fraction of sp³-hybridized carbons (Fsp3) is 0.667. The summed E-state index contributed by atoms with van der Waals surface area (Å²) in [5.41, 5.74) is 0.637. The summed E-state index contributed by atoms with van der Waals surface area (Å²) < 4.78 is 11.2. The number of aromatic nitrogens is 1. The van der Waals surface area contributed by atoms with E-state index in [0.29, 0.717) is 11.4 Å². The maximum absolute atomic E-state index is 13.0. The second-order valence-corrected chi connectivity index (χ2v) is 6.37. The van der Waals surface area contributed by atoms with Gasteiger partial charge < -0.3 is 14.4 Å². The molecule has 0 saturated carbocycles. The molecule has 1 aromatic rings. The van der Waals surface area contributed by atoms with Crippen molar-refractivity contribution in [2.75, 3.05) is 13.2 Å². The predicted octanol–water partition coefficient (Wildman–Crippen LogP) is 3.29. The number of carbonyl (C=O) groups excluding carboxylic acids is 1. The van der Waals surface area contributed by atoms with Gasteiger partial charge in [-0.1, -0.05) is 6.92 Å². The van der Waals surface area contributed by atoms with Gasteiger partial charge in [0.2, 0.25) is 5.88 Å². The molecule has 2 rings (SSSR count). The average molecular weight is 320 g/mol. The van der Waals surface area contributed by atoms with Crippen LogP contribution in [0.3, 0.4) is 0 Å². The molecule has 0 spiro atoms. The predicted molar refractivity (Wildman–Crippen MR) is 89.8 cm³/mol. The van der Waals surface area contributed by atoms with Crippen molar-refractivity contribution in [1.29, 1.82) is 0 Å². The molecule has 0 unspecified atom stereocenters. The van der Waals surface area contributed by atoms with Crippen LogP contribution in [-0.2, 0) is 4.74 Å². The molecule has 0 aromatic carbocycles. The number of hydrogen-bond donors (Lipinski definition) is 0. The van der Waals surface area contributed by atoms with Gasteiger partial charge in [-0.25, -0.2) is 4.98 Å². The van der Waals surface area contributed by atoms with Gasteiger partial charge >= 0.3 is 0 Å². The monoisotopic (exact) mass is 320 g/mol. The number of ether oxygens (including phenoxy) is 2. The van der Waals surface area contributed by atoms with E-state index >= 15 is 0 Å². The molecular formula is C18H28N2O3. The SMILES string of the molecule is CC[C@@H](C)Oc1cc(C(=O)N(C(C)C)C2CCOCC2)ccn1. The van der Waals surface area contributed by atoms with Gasteiger partial charge in [0.05, 0.1) is 6.10 Å². The molecule has 1 aromatic heterocycles. The van der Waals surface area contributed by atoms with Gasteiger partial charge in [-0.3, -0.25) is 4.79 Å². The summed E-state index contributed by atoms with van der Waals surface area (Å²) in [6.07, 6.45) is 4.42. The highest BCUT2D eigenvalue weighted by molar-refractivity contribution is 5.94. The summed E-state index contributed by atoms with van der Waals surface area (Å²) in [6.45, 7) is 9.62. The molecule has 0 aliphatic carbocycles. The molecule has 0 N–H and O–H groups in total. The molecule has 1 atom stereocenters. The maximum atomic E-state index is 13.0. The summed E-state index contributed by atoms with van der Waals surface area (Å²) in [7, 11) is 0. The number of pyridine rings is 1. The van der Waals surface area contributed by atoms with Crippen LogP contribution in [0.2, 0.25) is 0 Å². The van der Waals surface area contributed by atoms with Crippen LogP contribution < -0.4 is 4.74 Å². The highest BCUT2D eigenvalue weighted by atomic mass is 16.5. The van der Waals surface area contributed by atoms with Gasteiger partial charge in [0.25, 0.3) is 5.91 Å². The van der Waals surface area contributed by atoms with Crippen molar-refractivity contribution in [3.8, 4) is 5.88 Å². The third-order valence-electron chi connectivity index (χ3n) is 4.25. The summed E-state index contributed by atoms with van der Waals surface area (Å²) >= 11 is 0. The van der Waals surface area contributed by atoms with Gasteiger partial charge in [-0.2, -0.15) is 0 Å². The zero-order valence-electron chi connectivity index (χ0n) is 14.6. The van der Waals surface area contributed by atoms with Crippen LogP contribution in [0, 0.1) is 0 Å². The molecule has 128 valence electrons. The van der Waals surface area contributed by atoms with Gasteiger partial charge in [0, 0.05) is 43.1 Å². The van der Waals surface area contributed by atoms with E-state index in [4.69, 9.17) is 9.47 Å². The smallest absolute Gasteiger partial charge is 0.254 e. The molecular weight excluding hydrogens is 292 g/mol. The van der Waals surface area contributed by atoms with E-state index in [1.165, 1.54) is 0 Å². The zero-order chi connectivity index (χ0) is 16.8. The van der Waals surface area contributed by atoms with E-state index in [2.05, 4.69) is 25.8 Å². The fourth-order valence-corrected chi connectivity index (χ4v) is 2.83. The first-order valence-corrected chi connectivity index (χ1v) is 8.56. The molecule has 5 heteroatoms. The van der Waals surface area contributed by atoms with Gasteiger partial charge in [-0.05, 0) is 46.1 Å². The van der Waals surface area contributed by atoms with Crippen molar-refractivity contribution in [3.05, 3.63) is 23.9 Å². The Hall–Kier alpha value is -1.62. The highest BCUT2D eigenvalue weighted by Crippen LogP contribution is 2.21. The Labute approximate surface area is 139 Å². The Morgan fingerprint density at radius 1 is 1.39 bits per heavy atom. The van der Waals surface area contributed by atoms with Crippen molar-refractivity contribution in [3.63, 3.8) is 0 Å². The number of nitrogens with zero attached hydrogens (tertiary/aromatic N) is 2. The van der Waals surface area contributed by atoms with E-state index in [1.54, 1.807) is 18.3 Å². The topological polar surface area (TPSA) is 51.7 Å². The van der Waals surface area contributed by atoms with Crippen LogP contribution in [-0.4, -0.2) is 47.2 Å². The van der Waals surface area contributed by atoms with Crippen LogP contribution >= 0.6 is 0 Å². The van der Waals surface area contributed by atoms with Crippen LogP contribution in [0.15, 0.2) is 18.3 Å². The lowest BCUT2D eigenvalue weighted by atomic mass is 10.0. The summed E-state index contributed by atoms with van der Waals surface area (Å²) in [6, 6.07) is 3.91. The zero-order valence-corrected chi connectivity index (χ0v) is 14.6. The minimum atomic E-state index is 0.0447. The quantitative estimate of drug-likeness (QED) is 0.807. The minimum Gasteiger partial charge on any atom is -0.475 e. The molecule has 23 heavy (non-hydrogen) atoms. The maximum Gasteiger partial charge on any atom is 0.254 e. The van der Waals surface area contributed by atoms with Crippen molar-refractivity contribution in [2.45, 2.75) is 65.1 Å². The van der Waals surface area contributed by atoms with E-state index in [1.807, 2.05) is 11.8 Å². The molecule has 1 amide bonds. The first-order chi connectivity index (χ1) is 11.0. The Morgan fingerprint density at radius 2 is 2.09 bits per heavy atom. The largest absolute Gasteiger partial charge is 0.475 e. The lowest BCUT2D eigenvalue weighted by Crippen LogP contribution is -2.47. The van der Waals surface area contributed by atoms with E-state index in [9.17, 15) is 4.79 Å². The lowest BCUT2D eigenvalue weighted by molar-refractivity contribution is 0.0205. The summed E-state index contributed by atoms with van der Waals surface area (Å²) in [5.74, 6) is 0.559. The molecule has 1 aliphatic rings. The van der Waals surface area contributed by atoms with Crippen molar-refractivity contribution in [2.24, 2.45) is 0 Å². The Morgan fingerprint density at radius 3 is 2.70 bits per heavy atom. The molecule has 2 heterocycles. The molecule has 0 bridgehead atoms. The molecule has 1 fully saturated rings. The Kier molecular flexibility index (Phi) is 6.39. The fourth-order valence-electron chi connectivity index (χ4n) is 2.83. The van der Waals surface area contributed by atoms with Gasteiger partial charge in [0.1, 0.15) is 0 Å². The first kappa shape index (κ1) is 17.7. The summed E-state index contributed by atoms with van der Waals surface area (Å²) in [4.78, 5) is 19.2. The van der Waals surface area contributed by atoms with Crippen LogP contribution in [0.4, 0.5) is 0 Å². The third kappa shape index (κ3) is 4.67.